The van der Waals surface area contributed by atoms with Gasteiger partial charge in [-0.05, 0) is 42.0 Å². The average molecular weight is 275 g/mol. The van der Waals surface area contributed by atoms with Crippen LogP contribution in [0.4, 0.5) is 5.69 Å². The summed E-state index contributed by atoms with van der Waals surface area (Å²) < 4.78 is 12.6. The van der Waals surface area contributed by atoms with Crippen molar-refractivity contribution >= 4 is 5.69 Å². The van der Waals surface area contributed by atoms with Gasteiger partial charge in [-0.3, -0.25) is 0 Å². The Morgan fingerprint density at radius 3 is 3.10 bits per heavy atom. The highest BCUT2D eigenvalue weighted by Crippen LogP contribution is 2.29. The number of aromatic nitrogens is 4. The van der Waals surface area contributed by atoms with Gasteiger partial charge in [0.05, 0.1) is 24.9 Å². The zero-order valence-electron chi connectivity index (χ0n) is 11.3. The van der Waals surface area contributed by atoms with Gasteiger partial charge in [-0.15, -0.1) is 5.10 Å². The zero-order chi connectivity index (χ0) is 13.9. The van der Waals surface area contributed by atoms with Gasteiger partial charge in [0.2, 0.25) is 0 Å². The molecule has 7 nitrogen and oxygen atoms in total. The lowest BCUT2D eigenvalue weighted by Gasteiger charge is -2.11. The summed E-state index contributed by atoms with van der Waals surface area (Å²) in [6.07, 6.45) is 0.921. The molecule has 106 valence electrons. The van der Waals surface area contributed by atoms with E-state index < -0.39 is 0 Å². The van der Waals surface area contributed by atoms with E-state index in [-0.39, 0.29) is 6.04 Å². The van der Waals surface area contributed by atoms with Crippen molar-refractivity contribution < 1.29 is 9.47 Å². The number of nitrogen functional groups attached to an aromatic ring is 1. The SMILES string of the molecule is CCOc1ccc(-c2nnnn2C2CCOC2)cc1N. The highest BCUT2D eigenvalue weighted by Gasteiger charge is 2.23. The molecule has 1 unspecified atom stereocenters. The van der Waals surface area contributed by atoms with Crippen LogP contribution in [0.2, 0.25) is 0 Å². The molecule has 20 heavy (non-hydrogen) atoms. The zero-order valence-corrected chi connectivity index (χ0v) is 11.3. The molecule has 1 aromatic carbocycles. The van der Waals surface area contributed by atoms with Crippen LogP contribution in [0.3, 0.4) is 0 Å². The first-order valence-corrected chi connectivity index (χ1v) is 6.68. The third-order valence-electron chi connectivity index (χ3n) is 3.31. The van der Waals surface area contributed by atoms with E-state index in [1.54, 1.807) is 0 Å². The van der Waals surface area contributed by atoms with Crippen molar-refractivity contribution in [2.24, 2.45) is 0 Å². The van der Waals surface area contributed by atoms with Crippen molar-refractivity contribution in [2.45, 2.75) is 19.4 Å². The number of tetrazole rings is 1. The van der Waals surface area contributed by atoms with Gasteiger partial charge in [0.25, 0.3) is 0 Å². The molecule has 0 radical (unpaired) electrons. The average Bonchev–Trinajstić information content (AvgIpc) is 3.11. The molecule has 0 saturated carbocycles. The third kappa shape index (κ3) is 2.32. The fourth-order valence-corrected chi connectivity index (χ4v) is 2.32. The molecule has 3 rings (SSSR count). The number of hydrogen-bond donors (Lipinski definition) is 1. The molecule has 2 heterocycles. The Balaban J connectivity index is 1.93. The number of nitrogens with zero attached hydrogens (tertiary/aromatic N) is 4. The van der Waals surface area contributed by atoms with Gasteiger partial charge in [0.15, 0.2) is 5.82 Å². The summed E-state index contributed by atoms with van der Waals surface area (Å²) in [5.74, 6) is 1.38. The van der Waals surface area contributed by atoms with Gasteiger partial charge in [-0.1, -0.05) is 0 Å². The van der Waals surface area contributed by atoms with E-state index in [2.05, 4.69) is 15.5 Å². The largest absolute Gasteiger partial charge is 0.492 e. The summed E-state index contributed by atoms with van der Waals surface area (Å²) in [7, 11) is 0. The Kier molecular flexibility index (Phi) is 3.51. The third-order valence-corrected chi connectivity index (χ3v) is 3.31. The molecule has 0 amide bonds. The Bertz CT molecular complexity index is 592. The number of ether oxygens (including phenoxy) is 2. The van der Waals surface area contributed by atoms with Crippen molar-refractivity contribution in [2.75, 3.05) is 25.6 Å². The second-order valence-corrected chi connectivity index (χ2v) is 4.65. The van der Waals surface area contributed by atoms with E-state index in [1.807, 2.05) is 29.8 Å². The Morgan fingerprint density at radius 2 is 2.40 bits per heavy atom. The monoisotopic (exact) mass is 275 g/mol. The molecule has 1 saturated heterocycles. The predicted molar refractivity (Wildman–Crippen MR) is 73.3 cm³/mol. The first kappa shape index (κ1) is 12.9. The van der Waals surface area contributed by atoms with Gasteiger partial charge in [-0.25, -0.2) is 4.68 Å². The summed E-state index contributed by atoms with van der Waals surface area (Å²) >= 11 is 0. The molecule has 7 heteroatoms. The second kappa shape index (κ2) is 5.46. The van der Waals surface area contributed by atoms with Gasteiger partial charge >= 0.3 is 0 Å². The molecule has 1 atom stereocenters. The summed E-state index contributed by atoms with van der Waals surface area (Å²) in [6.45, 7) is 3.90. The molecule has 0 bridgehead atoms. The quantitative estimate of drug-likeness (QED) is 0.846. The molecule has 2 N–H and O–H groups in total. The van der Waals surface area contributed by atoms with Crippen LogP contribution in [-0.4, -0.2) is 40.0 Å². The summed E-state index contributed by atoms with van der Waals surface area (Å²) in [5.41, 5.74) is 7.45. The Morgan fingerprint density at radius 1 is 1.50 bits per heavy atom. The van der Waals surface area contributed by atoms with Gasteiger partial charge in [0, 0.05) is 12.2 Å². The highest BCUT2D eigenvalue weighted by atomic mass is 16.5. The van der Waals surface area contributed by atoms with E-state index in [1.165, 1.54) is 0 Å². The molecular formula is C13H17N5O2. The van der Waals surface area contributed by atoms with E-state index in [4.69, 9.17) is 15.2 Å². The number of hydrogen-bond acceptors (Lipinski definition) is 6. The molecule has 1 aliphatic rings. The lowest BCUT2D eigenvalue weighted by atomic mass is 10.1. The second-order valence-electron chi connectivity index (χ2n) is 4.65. The van der Waals surface area contributed by atoms with Crippen molar-refractivity contribution in [3.05, 3.63) is 18.2 Å². The van der Waals surface area contributed by atoms with Crippen LogP contribution in [0.5, 0.6) is 5.75 Å². The van der Waals surface area contributed by atoms with Gasteiger partial charge in [0.1, 0.15) is 5.75 Å². The predicted octanol–water partition coefficient (Wildman–Crippen LogP) is 1.28. The first-order chi connectivity index (χ1) is 9.79. The Hall–Kier alpha value is -2.15. The van der Waals surface area contributed by atoms with Crippen LogP contribution in [0.15, 0.2) is 18.2 Å². The van der Waals surface area contributed by atoms with E-state index >= 15 is 0 Å². The smallest absolute Gasteiger partial charge is 0.182 e. The van der Waals surface area contributed by atoms with Crippen LogP contribution >= 0.6 is 0 Å². The van der Waals surface area contributed by atoms with E-state index in [9.17, 15) is 0 Å². The van der Waals surface area contributed by atoms with Crippen LogP contribution in [0.1, 0.15) is 19.4 Å². The minimum absolute atomic E-state index is 0.188. The minimum atomic E-state index is 0.188. The standard InChI is InChI=1S/C13H17N5O2/c1-2-20-12-4-3-9(7-11(12)14)13-15-16-17-18(13)10-5-6-19-8-10/h3-4,7,10H,2,5-6,8,14H2,1H3. The van der Waals surface area contributed by atoms with E-state index in [0.717, 1.165) is 18.6 Å². The fourth-order valence-electron chi connectivity index (χ4n) is 2.32. The first-order valence-electron chi connectivity index (χ1n) is 6.68. The summed E-state index contributed by atoms with van der Waals surface area (Å²) in [4.78, 5) is 0. The molecular weight excluding hydrogens is 258 g/mol. The normalized spacial score (nSPS) is 18.4. The maximum atomic E-state index is 5.99. The van der Waals surface area contributed by atoms with Gasteiger partial charge in [-0.2, -0.15) is 0 Å². The number of benzene rings is 1. The van der Waals surface area contributed by atoms with Crippen molar-refractivity contribution in [3.8, 4) is 17.1 Å². The maximum absolute atomic E-state index is 5.99. The number of rotatable bonds is 4. The summed E-state index contributed by atoms with van der Waals surface area (Å²) in [5, 5.41) is 11.9. The molecule has 0 spiro atoms. The van der Waals surface area contributed by atoms with Crippen molar-refractivity contribution in [1.29, 1.82) is 0 Å². The fraction of sp³-hybridized carbons (Fsp3) is 0.462. The van der Waals surface area contributed by atoms with E-state index in [0.29, 0.717) is 30.5 Å². The Labute approximate surface area is 116 Å². The minimum Gasteiger partial charge on any atom is -0.492 e. The maximum Gasteiger partial charge on any atom is 0.182 e. The van der Waals surface area contributed by atoms with Crippen molar-refractivity contribution in [3.63, 3.8) is 0 Å². The van der Waals surface area contributed by atoms with Crippen LogP contribution < -0.4 is 10.5 Å². The van der Waals surface area contributed by atoms with Crippen LogP contribution in [0, 0.1) is 0 Å². The van der Waals surface area contributed by atoms with Crippen LogP contribution in [-0.2, 0) is 4.74 Å². The molecule has 1 aromatic heterocycles. The lowest BCUT2D eigenvalue weighted by molar-refractivity contribution is 0.184. The van der Waals surface area contributed by atoms with Gasteiger partial charge < -0.3 is 15.2 Å². The molecule has 1 fully saturated rings. The number of anilines is 1. The van der Waals surface area contributed by atoms with Crippen LogP contribution in [0.25, 0.3) is 11.4 Å². The number of nitrogens with two attached hydrogens (primary N) is 1. The molecule has 2 aromatic rings. The van der Waals surface area contributed by atoms with Crippen molar-refractivity contribution in [1.82, 2.24) is 20.2 Å². The molecule has 1 aliphatic heterocycles. The topological polar surface area (TPSA) is 88.1 Å². The lowest BCUT2D eigenvalue weighted by Crippen LogP contribution is -2.12. The summed E-state index contributed by atoms with van der Waals surface area (Å²) in [6, 6.07) is 5.79. The highest BCUT2D eigenvalue weighted by molar-refractivity contribution is 5.66. The molecule has 0 aliphatic carbocycles.